The molecule has 0 saturated carbocycles. The molecule has 0 fully saturated rings. The van der Waals surface area contributed by atoms with Crippen LogP contribution in [-0.2, 0) is 4.79 Å². The predicted octanol–water partition coefficient (Wildman–Crippen LogP) is 3.25. The lowest BCUT2D eigenvalue weighted by atomic mass is 9.95. The topological polar surface area (TPSA) is 52.9 Å². The largest absolute Gasteiger partial charge is 0.356 e. The maximum Gasteiger partial charge on any atom is 0.220 e. The van der Waals surface area contributed by atoms with Gasteiger partial charge in [0.25, 0.3) is 0 Å². The Morgan fingerprint density at radius 2 is 2.22 bits per heavy atom. The third-order valence-electron chi connectivity index (χ3n) is 2.67. The van der Waals surface area contributed by atoms with Gasteiger partial charge in [-0.15, -0.1) is 0 Å². The van der Waals surface area contributed by atoms with Gasteiger partial charge < -0.3 is 5.32 Å². The number of hydrogen-bond acceptors (Lipinski definition) is 2. The molecule has 1 N–H and O–H groups in total. The van der Waals surface area contributed by atoms with Gasteiger partial charge in [-0.25, -0.2) is 0 Å². The number of rotatable bonds is 6. The summed E-state index contributed by atoms with van der Waals surface area (Å²) < 4.78 is 0. The molecule has 1 aromatic rings. The molecule has 1 aromatic carbocycles. The molecule has 0 heterocycles. The molecule has 3 nitrogen and oxygen atoms in total. The summed E-state index contributed by atoms with van der Waals surface area (Å²) in [5, 5.41) is 12.5. The molecule has 0 aliphatic carbocycles. The van der Waals surface area contributed by atoms with E-state index in [0.29, 0.717) is 24.4 Å². The lowest BCUT2D eigenvalue weighted by Crippen LogP contribution is -2.24. The summed E-state index contributed by atoms with van der Waals surface area (Å²) in [5.41, 5.74) is 0.796. The van der Waals surface area contributed by atoms with Gasteiger partial charge >= 0.3 is 0 Å². The van der Waals surface area contributed by atoms with Crippen molar-refractivity contribution in [1.29, 1.82) is 5.26 Å². The fourth-order valence-corrected chi connectivity index (χ4v) is 1.94. The van der Waals surface area contributed by atoms with Crippen molar-refractivity contribution in [3.8, 4) is 6.07 Å². The monoisotopic (exact) mass is 264 g/mol. The van der Waals surface area contributed by atoms with Crippen LogP contribution in [0.5, 0.6) is 0 Å². The van der Waals surface area contributed by atoms with Gasteiger partial charge in [-0.1, -0.05) is 36.7 Å². The average molecular weight is 265 g/mol. The highest BCUT2D eigenvalue weighted by molar-refractivity contribution is 6.31. The third-order valence-corrected chi connectivity index (χ3v) is 3.01. The van der Waals surface area contributed by atoms with Crippen molar-refractivity contribution in [1.82, 2.24) is 5.32 Å². The summed E-state index contributed by atoms with van der Waals surface area (Å²) in [5.74, 6) is -0.338. The first-order valence-corrected chi connectivity index (χ1v) is 6.47. The Bertz CT molecular complexity index is 440. The lowest BCUT2D eigenvalue weighted by molar-refractivity contribution is -0.121. The van der Waals surface area contributed by atoms with E-state index in [-0.39, 0.29) is 11.8 Å². The van der Waals surface area contributed by atoms with Crippen LogP contribution < -0.4 is 5.32 Å². The van der Waals surface area contributed by atoms with Crippen LogP contribution in [0.1, 0.15) is 37.7 Å². The number of carbonyl (C=O) groups is 1. The Hall–Kier alpha value is -1.53. The highest BCUT2D eigenvalue weighted by Crippen LogP contribution is 2.27. The Labute approximate surface area is 113 Å². The molecule has 0 aliphatic heterocycles. The maximum atomic E-state index is 11.5. The fraction of sp³-hybridized carbons (Fsp3) is 0.429. The van der Waals surface area contributed by atoms with Crippen molar-refractivity contribution >= 4 is 17.5 Å². The standard InChI is InChI=1S/C14H17ClN2O/c1-2-9-17-14(18)8-7-11(10-16)12-5-3-4-6-13(12)15/h3-6,11H,2,7-9H2,1H3,(H,17,18). The van der Waals surface area contributed by atoms with Gasteiger partial charge in [-0.3, -0.25) is 4.79 Å². The summed E-state index contributed by atoms with van der Waals surface area (Å²) in [6, 6.07) is 9.48. The van der Waals surface area contributed by atoms with E-state index in [4.69, 9.17) is 16.9 Å². The van der Waals surface area contributed by atoms with E-state index in [2.05, 4.69) is 11.4 Å². The minimum Gasteiger partial charge on any atom is -0.356 e. The molecule has 18 heavy (non-hydrogen) atoms. The summed E-state index contributed by atoms with van der Waals surface area (Å²) in [6.45, 7) is 2.68. The summed E-state index contributed by atoms with van der Waals surface area (Å²) in [7, 11) is 0. The van der Waals surface area contributed by atoms with E-state index >= 15 is 0 Å². The van der Waals surface area contributed by atoms with Crippen LogP contribution in [0.2, 0.25) is 5.02 Å². The van der Waals surface area contributed by atoms with Crippen molar-refractivity contribution in [3.05, 3.63) is 34.9 Å². The molecule has 0 bridgehead atoms. The van der Waals surface area contributed by atoms with Crippen LogP contribution in [0.15, 0.2) is 24.3 Å². The summed E-state index contributed by atoms with van der Waals surface area (Å²) >= 11 is 6.05. The van der Waals surface area contributed by atoms with Crippen LogP contribution in [-0.4, -0.2) is 12.5 Å². The third kappa shape index (κ3) is 4.38. The van der Waals surface area contributed by atoms with E-state index in [0.717, 1.165) is 12.0 Å². The van der Waals surface area contributed by atoms with Gasteiger partial charge in [-0.2, -0.15) is 5.26 Å². The van der Waals surface area contributed by atoms with Gasteiger partial charge in [-0.05, 0) is 24.5 Å². The minimum atomic E-state index is -0.328. The van der Waals surface area contributed by atoms with Gasteiger partial charge in [0.2, 0.25) is 5.91 Å². The van der Waals surface area contributed by atoms with Gasteiger partial charge in [0.15, 0.2) is 0 Å². The number of halogens is 1. The van der Waals surface area contributed by atoms with Crippen LogP contribution in [0.25, 0.3) is 0 Å². The zero-order valence-electron chi connectivity index (χ0n) is 10.4. The number of nitrogens with zero attached hydrogens (tertiary/aromatic N) is 1. The first-order chi connectivity index (χ1) is 8.69. The van der Waals surface area contributed by atoms with Crippen LogP contribution in [0.4, 0.5) is 0 Å². The minimum absolute atomic E-state index is 0.0100. The summed E-state index contributed by atoms with van der Waals surface area (Å²) in [6.07, 6.45) is 1.76. The van der Waals surface area contributed by atoms with E-state index < -0.39 is 0 Å². The van der Waals surface area contributed by atoms with E-state index in [1.54, 1.807) is 6.07 Å². The van der Waals surface area contributed by atoms with E-state index in [1.807, 2.05) is 25.1 Å². The molecule has 1 atom stereocenters. The smallest absolute Gasteiger partial charge is 0.220 e. The second-order valence-corrected chi connectivity index (χ2v) is 4.50. The SMILES string of the molecule is CCCNC(=O)CCC(C#N)c1ccccc1Cl. The Balaban J connectivity index is 2.56. The second-order valence-electron chi connectivity index (χ2n) is 4.09. The molecule has 4 heteroatoms. The average Bonchev–Trinajstić information content (AvgIpc) is 2.39. The second kappa shape index (κ2) is 7.73. The fourth-order valence-electron chi connectivity index (χ4n) is 1.68. The number of nitriles is 1. The summed E-state index contributed by atoms with van der Waals surface area (Å²) in [4.78, 5) is 11.5. The molecule has 0 saturated heterocycles. The molecule has 1 rings (SSSR count). The Kier molecular flexibility index (Phi) is 6.24. The first kappa shape index (κ1) is 14.5. The number of benzene rings is 1. The van der Waals surface area contributed by atoms with Crippen molar-refractivity contribution < 1.29 is 4.79 Å². The van der Waals surface area contributed by atoms with E-state index in [1.165, 1.54) is 0 Å². The molecule has 1 unspecified atom stereocenters. The normalized spacial score (nSPS) is 11.6. The quantitative estimate of drug-likeness (QED) is 0.857. The van der Waals surface area contributed by atoms with Crippen molar-refractivity contribution in [2.75, 3.05) is 6.54 Å². The molecular formula is C14H17ClN2O. The molecule has 0 aromatic heterocycles. The van der Waals surface area contributed by atoms with Gasteiger partial charge in [0.1, 0.15) is 0 Å². The highest BCUT2D eigenvalue weighted by atomic mass is 35.5. The zero-order valence-corrected chi connectivity index (χ0v) is 11.2. The number of nitrogens with one attached hydrogen (secondary N) is 1. The number of hydrogen-bond donors (Lipinski definition) is 1. The van der Waals surface area contributed by atoms with Crippen LogP contribution in [0.3, 0.4) is 0 Å². The van der Waals surface area contributed by atoms with Gasteiger partial charge in [0.05, 0.1) is 12.0 Å². The molecule has 0 aliphatic rings. The highest BCUT2D eigenvalue weighted by Gasteiger charge is 2.15. The maximum absolute atomic E-state index is 11.5. The molecule has 1 amide bonds. The first-order valence-electron chi connectivity index (χ1n) is 6.09. The van der Waals surface area contributed by atoms with Crippen molar-refractivity contribution in [2.45, 2.75) is 32.1 Å². The van der Waals surface area contributed by atoms with Crippen LogP contribution >= 0.6 is 11.6 Å². The van der Waals surface area contributed by atoms with Crippen molar-refractivity contribution in [3.63, 3.8) is 0 Å². The molecule has 0 radical (unpaired) electrons. The van der Waals surface area contributed by atoms with Gasteiger partial charge in [0, 0.05) is 18.0 Å². The molecular weight excluding hydrogens is 248 g/mol. The van der Waals surface area contributed by atoms with Crippen LogP contribution in [0, 0.1) is 11.3 Å². The zero-order chi connectivity index (χ0) is 13.4. The number of carbonyl (C=O) groups excluding carboxylic acids is 1. The predicted molar refractivity (Wildman–Crippen MR) is 72.3 cm³/mol. The van der Waals surface area contributed by atoms with Crippen molar-refractivity contribution in [2.24, 2.45) is 0 Å². The molecule has 0 spiro atoms. The Morgan fingerprint density at radius 3 is 2.83 bits per heavy atom. The van der Waals surface area contributed by atoms with E-state index in [9.17, 15) is 4.79 Å². The number of amides is 1. The molecule has 96 valence electrons. The lowest BCUT2D eigenvalue weighted by Gasteiger charge is -2.11. The Morgan fingerprint density at radius 1 is 1.50 bits per heavy atom.